The third-order valence-electron chi connectivity index (χ3n) is 14.3. The molecule has 14 heteroatoms. The number of rotatable bonds is 8. The number of benzene rings is 6. The van der Waals surface area contributed by atoms with Crippen molar-refractivity contribution in [2.45, 2.75) is 0 Å². The number of nitriles is 1. The van der Waals surface area contributed by atoms with Crippen LogP contribution >= 0.6 is 0 Å². The maximum Gasteiger partial charge on any atom is 0.306 e. The predicted molar refractivity (Wildman–Crippen MR) is 300 cm³/mol. The molecule has 1 N–H and O–H groups in total. The summed E-state index contributed by atoms with van der Waals surface area (Å²) in [6.07, 6.45) is 7.11. The van der Waals surface area contributed by atoms with Gasteiger partial charge in [-0.1, -0.05) is 72.8 Å². The molecule has 0 radical (unpaired) electrons. The lowest BCUT2D eigenvalue weighted by Crippen LogP contribution is -2.32. The predicted octanol–water partition coefficient (Wildman–Crippen LogP) is 12.9. The third kappa shape index (κ3) is 6.74. The van der Waals surface area contributed by atoms with Gasteiger partial charge < -0.3 is 0 Å². The Hall–Kier alpha value is -11.5. The SMILES string of the molecule is [C-]#[N+]C(C#N)=C1c2cc(-c3nc4cccnc4n3-c3ccccc3)cc(-c3nc4cccnc4n3-c3ccccc3)c2-c2c1cc(-c1[nH]c3cccnc3[n+]1-c1ccccc1)cc2-c1nc2cccnc2n1-c1ccccc1. The Morgan fingerprint density at radius 1 is 0.474 bits per heavy atom. The van der Waals surface area contributed by atoms with Crippen LogP contribution < -0.4 is 4.57 Å². The Balaban J connectivity index is 1.14. The number of para-hydroxylation sites is 4. The zero-order chi connectivity index (χ0) is 51.8. The lowest BCUT2D eigenvalue weighted by molar-refractivity contribution is -0.557. The normalized spacial score (nSPS) is 12.5. The summed E-state index contributed by atoms with van der Waals surface area (Å²) in [6, 6.07) is 66.5. The van der Waals surface area contributed by atoms with Crippen molar-refractivity contribution in [1.29, 1.82) is 5.26 Å². The van der Waals surface area contributed by atoms with Crippen LogP contribution in [0.2, 0.25) is 0 Å². The summed E-state index contributed by atoms with van der Waals surface area (Å²) in [5, 5.41) is 11.3. The molecule has 14 aromatic rings. The Morgan fingerprint density at radius 3 is 1.40 bits per heavy atom. The van der Waals surface area contributed by atoms with E-state index in [1.807, 2.05) is 170 Å². The summed E-state index contributed by atoms with van der Waals surface area (Å²) in [5.41, 5.74) is 14.9. The number of hydrogen-bond acceptors (Lipinski definition) is 8. The first-order valence-corrected chi connectivity index (χ1v) is 25.1. The molecule has 0 saturated heterocycles. The molecule has 362 valence electrons. The lowest BCUT2D eigenvalue weighted by atomic mass is 9.91. The van der Waals surface area contributed by atoms with E-state index in [2.05, 4.69) is 58.4 Å². The van der Waals surface area contributed by atoms with Gasteiger partial charge in [0.15, 0.2) is 22.5 Å². The first-order valence-electron chi connectivity index (χ1n) is 25.1. The van der Waals surface area contributed by atoms with Gasteiger partial charge in [0.05, 0.1) is 12.6 Å². The molecule has 0 bridgehead atoms. The molecule has 0 atom stereocenters. The molecular formula is C64H37N14+. The van der Waals surface area contributed by atoms with E-state index in [1.165, 1.54) is 0 Å². The molecule has 8 aromatic heterocycles. The molecule has 0 aliphatic heterocycles. The number of aromatic amines is 1. The summed E-state index contributed by atoms with van der Waals surface area (Å²) in [7, 11) is 0. The Bertz CT molecular complexity index is 4560. The van der Waals surface area contributed by atoms with Crippen molar-refractivity contribution in [1.82, 2.24) is 53.6 Å². The minimum Gasteiger partial charge on any atom is -0.277 e. The lowest BCUT2D eigenvalue weighted by Gasteiger charge is -2.18. The highest BCUT2D eigenvalue weighted by Crippen LogP contribution is 2.56. The van der Waals surface area contributed by atoms with Gasteiger partial charge in [-0.25, -0.2) is 40.0 Å². The van der Waals surface area contributed by atoms with Crippen LogP contribution in [0.1, 0.15) is 11.1 Å². The monoisotopic (exact) mass is 1000 g/mol. The fourth-order valence-electron chi connectivity index (χ4n) is 11.1. The maximum absolute atomic E-state index is 11.3. The van der Waals surface area contributed by atoms with Crippen LogP contribution in [-0.2, 0) is 0 Å². The van der Waals surface area contributed by atoms with E-state index in [1.54, 1.807) is 24.8 Å². The van der Waals surface area contributed by atoms with Gasteiger partial charge in [-0.05, 0) is 132 Å². The van der Waals surface area contributed by atoms with Crippen LogP contribution in [0.4, 0.5) is 0 Å². The summed E-state index contributed by atoms with van der Waals surface area (Å²) in [4.78, 5) is 43.8. The van der Waals surface area contributed by atoms with Gasteiger partial charge in [-0.2, -0.15) is 4.57 Å². The topological polar surface area (TPSA) is 153 Å². The van der Waals surface area contributed by atoms with E-state index in [-0.39, 0.29) is 5.70 Å². The van der Waals surface area contributed by atoms with E-state index >= 15 is 0 Å². The van der Waals surface area contributed by atoms with Crippen LogP contribution in [0, 0.1) is 17.9 Å². The third-order valence-corrected chi connectivity index (χ3v) is 14.3. The van der Waals surface area contributed by atoms with E-state index in [0.29, 0.717) is 84.4 Å². The Kier molecular flexibility index (Phi) is 9.93. The second-order valence-corrected chi connectivity index (χ2v) is 18.7. The Morgan fingerprint density at radius 2 is 0.897 bits per heavy atom. The van der Waals surface area contributed by atoms with Gasteiger partial charge in [0.25, 0.3) is 5.70 Å². The number of pyridine rings is 4. The number of nitrogens with zero attached hydrogens (tertiary/aromatic N) is 13. The number of allylic oxidation sites excluding steroid dienone is 1. The molecule has 8 heterocycles. The molecule has 0 amide bonds. The second-order valence-electron chi connectivity index (χ2n) is 18.7. The van der Waals surface area contributed by atoms with Crippen molar-refractivity contribution in [3.8, 4) is 85.5 Å². The number of imidazole rings is 4. The minimum absolute atomic E-state index is 0.0925. The molecule has 14 nitrogen and oxygen atoms in total. The number of fused-ring (bicyclic) bond motifs is 7. The maximum atomic E-state index is 11.3. The van der Waals surface area contributed by atoms with Crippen LogP contribution in [0.3, 0.4) is 0 Å². The molecule has 0 unspecified atom stereocenters. The van der Waals surface area contributed by atoms with Crippen molar-refractivity contribution in [2.24, 2.45) is 0 Å². The summed E-state index contributed by atoms with van der Waals surface area (Å²) >= 11 is 0. The van der Waals surface area contributed by atoms with Crippen molar-refractivity contribution >= 4 is 50.2 Å². The average molecular weight is 1000 g/mol. The van der Waals surface area contributed by atoms with Gasteiger partial charge in [-0.15, -0.1) is 4.98 Å². The van der Waals surface area contributed by atoms with Gasteiger partial charge >= 0.3 is 5.65 Å². The number of hydrogen-bond donors (Lipinski definition) is 1. The van der Waals surface area contributed by atoms with Crippen LogP contribution in [-0.4, -0.2) is 53.6 Å². The molecule has 78 heavy (non-hydrogen) atoms. The van der Waals surface area contributed by atoms with Crippen molar-refractivity contribution in [3.63, 3.8) is 0 Å². The standard InChI is InChI=1S/C64H36N14/c1-66-53(38-65)54-45-34-39(57-71-49-26-14-30-67-61(49)75(57)41-18-6-2-7-19-41)36-47(59-73-51-28-16-32-69-63(51)77(59)43-22-10-4-11-23-43)55(45)56-46(54)35-40(58-72-50-27-15-31-68-62(50)76(58)42-20-8-3-9-21-42)37-48(56)60-74-52-29-17-33-70-64(52)78(60)44-24-12-5-13-25-44/h2-37H/p+1. The van der Waals surface area contributed by atoms with Crippen molar-refractivity contribution in [3.05, 3.63) is 247 Å². The van der Waals surface area contributed by atoms with Crippen molar-refractivity contribution in [2.75, 3.05) is 0 Å². The molecule has 1 aliphatic rings. The number of nitrogens with one attached hydrogen (secondary N) is 1. The van der Waals surface area contributed by atoms with Gasteiger partial charge in [0.2, 0.25) is 5.82 Å². The van der Waals surface area contributed by atoms with E-state index in [9.17, 15) is 5.26 Å². The first-order chi connectivity index (χ1) is 38.6. The highest BCUT2D eigenvalue weighted by molar-refractivity contribution is 6.14. The van der Waals surface area contributed by atoms with E-state index in [4.69, 9.17) is 41.5 Å². The van der Waals surface area contributed by atoms with Crippen LogP contribution in [0.25, 0.3) is 135 Å². The molecule has 1 aliphatic carbocycles. The van der Waals surface area contributed by atoms with E-state index in [0.717, 1.165) is 56.4 Å². The highest BCUT2D eigenvalue weighted by Gasteiger charge is 2.38. The molecule has 6 aromatic carbocycles. The fourth-order valence-corrected chi connectivity index (χ4v) is 11.1. The zero-order valence-electron chi connectivity index (χ0n) is 41.1. The minimum atomic E-state index is -0.0925. The highest BCUT2D eigenvalue weighted by atomic mass is 15.2. The van der Waals surface area contributed by atoms with Gasteiger partial charge in [-0.3, -0.25) is 18.7 Å². The molecule has 0 fully saturated rings. The van der Waals surface area contributed by atoms with E-state index < -0.39 is 0 Å². The second kappa shape index (κ2) is 17.6. The summed E-state index contributed by atoms with van der Waals surface area (Å²) in [5.74, 6) is 2.49. The largest absolute Gasteiger partial charge is 0.306 e. The zero-order valence-corrected chi connectivity index (χ0v) is 41.1. The first kappa shape index (κ1) is 44.0. The molecular weight excluding hydrogens is 965 g/mol. The average Bonchev–Trinajstić information content (AvgIpc) is 4.45. The van der Waals surface area contributed by atoms with Crippen LogP contribution in [0.5, 0.6) is 0 Å². The smallest absolute Gasteiger partial charge is 0.277 e. The van der Waals surface area contributed by atoms with Crippen LogP contribution in [0.15, 0.2) is 225 Å². The Labute approximate surface area is 444 Å². The van der Waals surface area contributed by atoms with Gasteiger partial charge in [0.1, 0.15) is 45.9 Å². The number of H-pyrrole nitrogens is 1. The van der Waals surface area contributed by atoms with Crippen molar-refractivity contribution < 1.29 is 4.57 Å². The quantitative estimate of drug-likeness (QED) is 0.0897. The molecule has 0 spiro atoms. The molecule has 0 saturated carbocycles. The number of aromatic nitrogens is 12. The van der Waals surface area contributed by atoms with Gasteiger partial charge in [0, 0.05) is 74.6 Å². The molecule has 15 rings (SSSR count). The summed E-state index contributed by atoms with van der Waals surface area (Å²) in [6.45, 7) is 8.81. The summed E-state index contributed by atoms with van der Waals surface area (Å²) < 4.78 is 8.32. The fraction of sp³-hybridized carbons (Fsp3) is 0.